The quantitative estimate of drug-likeness (QED) is 0.895. The van der Waals surface area contributed by atoms with Gasteiger partial charge in [0, 0.05) is 18.8 Å². The maximum atomic E-state index is 12.1. The number of aromatic nitrogens is 4. The van der Waals surface area contributed by atoms with Crippen molar-refractivity contribution in [1.29, 1.82) is 0 Å². The molecule has 0 aliphatic rings. The van der Waals surface area contributed by atoms with Gasteiger partial charge in [-0.15, -0.1) is 5.10 Å². The van der Waals surface area contributed by atoms with E-state index in [9.17, 15) is 9.59 Å². The smallest absolute Gasteiger partial charge is 0.346 e. The van der Waals surface area contributed by atoms with Crippen molar-refractivity contribution in [2.45, 2.75) is 32.9 Å². The van der Waals surface area contributed by atoms with Gasteiger partial charge in [-0.25, -0.2) is 9.48 Å². The van der Waals surface area contributed by atoms with Crippen LogP contribution >= 0.6 is 0 Å². The van der Waals surface area contributed by atoms with Gasteiger partial charge in [0.2, 0.25) is 5.91 Å². The number of hydrogen-bond donors (Lipinski definition) is 1. The van der Waals surface area contributed by atoms with E-state index < -0.39 is 0 Å². The van der Waals surface area contributed by atoms with Gasteiger partial charge in [0.1, 0.15) is 12.2 Å². The average Bonchev–Trinajstić information content (AvgIpc) is 2.66. The number of rotatable bonds is 3. The fourth-order valence-corrected chi connectivity index (χ4v) is 1.90. The minimum absolute atomic E-state index is 0.114. The zero-order valence-corrected chi connectivity index (χ0v) is 12.6. The second kappa shape index (κ2) is 5.51. The third-order valence-electron chi connectivity index (χ3n) is 2.74. The molecule has 0 aliphatic heterocycles. The summed E-state index contributed by atoms with van der Waals surface area (Å²) in [7, 11) is 1.61. The molecule has 0 saturated heterocycles. The molecule has 0 spiro atoms. The first-order valence-electron chi connectivity index (χ1n) is 6.64. The Morgan fingerprint density at radius 1 is 1.33 bits per heavy atom. The highest BCUT2D eigenvalue weighted by Crippen LogP contribution is 2.10. The molecule has 2 rings (SSSR count). The molecular formula is C14H19N5O2. The van der Waals surface area contributed by atoms with Crippen molar-refractivity contribution in [1.82, 2.24) is 24.6 Å². The standard InChI is InChI=1S/C14H19N5O2/c1-14(2,3)16-11(20)9-19-13(21)18(4)12(17-19)10-7-5-6-8-15-10/h5-8H,9H2,1-4H3,(H,16,20). The van der Waals surface area contributed by atoms with Crippen LogP contribution in [0.15, 0.2) is 29.2 Å². The Kier molecular flexibility index (Phi) is 3.93. The summed E-state index contributed by atoms with van der Waals surface area (Å²) in [6.07, 6.45) is 1.63. The predicted molar refractivity (Wildman–Crippen MR) is 78.6 cm³/mol. The van der Waals surface area contributed by atoms with Crippen LogP contribution in [0.5, 0.6) is 0 Å². The van der Waals surface area contributed by atoms with E-state index in [1.54, 1.807) is 25.4 Å². The van der Waals surface area contributed by atoms with E-state index in [2.05, 4.69) is 15.4 Å². The number of nitrogens with zero attached hydrogens (tertiary/aromatic N) is 4. The van der Waals surface area contributed by atoms with Crippen molar-refractivity contribution in [3.63, 3.8) is 0 Å². The highest BCUT2D eigenvalue weighted by Gasteiger charge is 2.18. The maximum Gasteiger partial charge on any atom is 0.346 e. The highest BCUT2D eigenvalue weighted by atomic mass is 16.2. The van der Waals surface area contributed by atoms with Gasteiger partial charge in [0.15, 0.2) is 5.82 Å². The van der Waals surface area contributed by atoms with Crippen LogP contribution in [0.3, 0.4) is 0 Å². The molecule has 0 radical (unpaired) electrons. The van der Waals surface area contributed by atoms with Crippen molar-refractivity contribution >= 4 is 5.91 Å². The van der Waals surface area contributed by atoms with E-state index in [1.807, 2.05) is 26.8 Å². The van der Waals surface area contributed by atoms with Crippen LogP contribution in [0.25, 0.3) is 11.5 Å². The molecule has 0 atom stereocenters. The van der Waals surface area contributed by atoms with Gasteiger partial charge in [-0.2, -0.15) is 0 Å². The Labute approximate surface area is 122 Å². The molecule has 21 heavy (non-hydrogen) atoms. The summed E-state index contributed by atoms with van der Waals surface area (Å²) in [4.78, 5) is 28.2. The van der Waals surface area contributed by atoms with Crippen molar-refractivity contribution in [3.8, 4) is 11.5 Å². The SMILES string of the molecule is Cn1c(-c2ccccn2)nn(CC(=O)NC(C)(C)C)c1=O. The molecular weight excluding hydrogens is 270 g/mol. The molecule has 2 heterocycles. The predicted octanol–water partition coefficient (Wildman–Crippen LogP) is 0.558. The van der Waals surface area contributed by atoms with E-state index in [0.29, 0.717) is 11.5 Å². The zero-order chi connectivity index (χ0) is 15.6. The lowest BCUT2D eigenvalue weighted by molar-refractivity contribution is -0.123. The summed E-state index contributed by atoms with van der Waals surface area (Å²) in [6.45, 7) is 5.53. The zero-order valence-electron chi connectivity index (χ0n) is 12.6. The molecule has 7 nitrogen and oxygen atoms in total. The molecule has 112 valence electrons. The Balaban J connectivity index is 2.27. The number of pyridine rings is 1. The van der Waals surface area contributed by atoms with Crippen molar-refractivity contribution in [2.24, 2.45) is 7.05 Å². The first kappa shape index (κ1) is 15.0. The number of hydrogen-bond acceptors (Lipinski definition) is 4. The topological polar surface area (TPSA) is 81.8 Å². The lowest BCUT2D eigenvalue weighted by Crippen LogP contribution is -2.43. The van der Waals surface area contributed by atoms with E-state index in [-0.39, 0.29) is 23.7 Å². The van der Waals surface area contributed by atoms with Crippen molar-refractivity contribution < 1.29 is 4.79 Å². The van der Waals surface area contributed by atoms with Crippen LogP contribution in [-0.4, -0.2) is 30.8 Å². The largest absolute Gasteiger partial charge is 0.350 e. The minimum atomic E-state index is -0.348. The summed E-state index contributed by atoms with van der Waals surface area (Å²) < 4.78 is 2.53. The Bertz CT molecular complexity index is 694. The Morgan fingerprint density at radius 2 is 2.05 bits per heavy atom. The first-order valence-corrected chi connectivity index (χ1v) is 6.64. The van der Waals surface area contributed by atoms with Crippen LogP contribution in [0.4, 0.5) is 0 Å². The van der Waals surface area contributed by atoms with Crippen LogP contribution in [0.2, 0.25) is 0 Å². The second-order valence-corrected chi connectivity index (χ2v) is 5.84. The molecule has 0 bridgehead atoms. The third kappa shape index (κ3) is 3.56. The number of nitrogens with one attached hydrogen (secondary N) is 1. The van der Waals surface area contributed by atoms with Gasteiger partial charge in [-0.3, -0.25) is 14.3 Å². The van der Waals surface area contributed by atoms with Crippen LogP contribution in [-0.2, 0) is 18.4 Å². The summed E-state index contributed by atoms with van der Waals surface area (Å²) in [5, 5.41) is 6.99. The molecule has 1 amide bonds. The van der Waals surface area contributed by atoms with E-state index in [0.717, 1.165) is 4.68 Å². The molecule has 0 aromatic carbocycles. The second-order valence-electron chi connectivity index (χ2n) is 5.84. The highest BCUT2D eigenvalue weighted by molar-refractivity contribution is 5.76. The third-order valence-corrected chi connectivity index (χ3v) is 2.74. The summed E-state index contributed by atoms with van der Waals surface area (Å²) in [5.74, 6) is 0.180. The summed E-state index contributed by atoms with van der Waals surface area (Å²) in [5.41, 5.74) is -0.106. The molecule has 2 aromatic rings. The molecule has 1 N–H and O–H groups in total. The molecule has 0 aliphatic carbocycles. The fraction of sp³-hybridized carbons (Fsp3) is 0.429. The lowest BCUT2D eigenvalue weighted by atomic mass is 10.1. The van der Waals surface area contributed by atoms with Gasteiger partial charge >= 0.3 is 5.69 Å². The van der Waals surface area contributed by atoms with E-state index in [1.165, 1.54) is 4.57 Å². The monoisotopic (exact) mass is 289 g/mol. The van der Waals surface area contributed by atoms with Crippen LogP contribution in [0, 0.1) is 0 Å². The average molecular weight is 289 g/mol. The summed E-state index contributed by atoms with van der Waals surface area (Å²) in [6, 6.07) is 5.37. The fourth-order valence-electron chi connectivity index (χ4n) is 1.90. The molecule has 0 unspecified atom stereocenters. The molecule has 7 heteroatoms. The first-order chi connectivity index (χ1) is 9.78. The molecule has 0 saturated carbocycles. The Morgan fingerprint density at radius 3 is 2.62 bits per heavy atom. The molecule has 2 aromatic heterocycles. The van der Waals surface area contributed by atoms with Crippen molar-refractivity contribution in [3.05, 3.63) is 34.9 Å². The van der Waals surface area contributed by atoms with Gasteiger partial charge in [0.05, 0.1) is 0 Å². The van der Waals surface area contributed by atoms with E-state index in [4.69, 9.17) is 0 Å². The number of carbonyl (C=O) groups is 1. The normalized spacial score (nSPS) is 11.4. The van der Waals surface area contributed by atoms with Gasteiger partial charge < -0.3 is 5.32 Å². The number of amides is 1. The minimum Gasteiger partial charge on any atom is -0.350 e. The van der Waals surface area contributed by atoms with Crippen LogP contribution in [0.1, 0.15) is 20.8 Å². The van der Waals surface area contributed by atoms with Gasteiger partial charge in [-0.05, 0) is 32.9 Å². The lowest BCUT2D eigenvalue weighted by Gasteiger charge is -2.20. The Hall–Kier alpha value is -2.44. The molecule has 0 fully saturated rings. The number of carbonyl (C=O) groups excluding carboxylic acids is 1. The van der Waals surface area contributed by atoms with E-state index >= 15 is 0 Å². The van der Waals surface area contributed by atoms with Crippen molar-refractivity contribution in [2.75, 3.05) is 0 Å². The van der Waals surface area contributed by atoms with Crippen LogP contribution < -0.4 is 11.0 Å². The maximum absolute atomic E-state index is 12.1. The van der Waals surface area contributed by atoms with Gasteiger partial charge in [0.25, 0.3) is 0 Å². The van der Waals surface area contributed by atoms with Gasteiger partial charge in [-0.1, -0.05) is 6.07 Å². The summed E-state index contributed by atoms with van der Waals surface area (Å²) >= 11 is 0.